The van der Waals surface area contributed by atoms with E-state index >= 15 is 0 Å². The van der Waals surface area contributed by atoms with Crippen LogP contribution in [0.15, 0.2) is 47.1 Å². The number of rotatable bonds is 5. The van der Waals surface area contributed by atoms with E-state index in [2.05, 4.69) is 5.32 Å². The van der Waals surface area contributed by atoms with Gasteiger partial charge in [-0.15, -0.1) is 0 Å². The zero-order valence-corrected chi connectivity index (χ0v) is 19.0. The van der Waals surface area contributed by atoms with Gasteiger partial charge in [0.1, 0.15) is 17.1 Å². The van der Waals surface area contributed by atoms with Gasteiger partial charge in [0.05, 0.1) is 13.4 Å². The summed E-state index contributed by atoms with van der Waals surface area (Å²) in [7, 11) is 1.63. The highest BCUT2D eigenvalue weighted by Crippen LogP contribution is 2.40. The van der Waals surface area contributed by atoms with Crippen LogP contribution in [-0.4, -0.2) is 19.1 Å². The van der Waals surface area contributed by atoms with Crippen molar-refractivity contribution in [3.05, 3.63) is 59.6 Å². The summed E-state index contributed by atoms with van der Waals surface area (Å²) in [5, 5.41) is 4.08. The predicted molar refractivity (Wildman–Crippen MR) is 126 cm³/mol. The molecule has 2 aromatic carbocycles. The molecule has 4 rings (SSSR count). The van der Waals surface area contributed by atoms with Gasteiger partial charge in [0.15, 0.2) is 0 Å². The summed E-state index contributed by atoms with van der Waals surface area (Å²) >= 11 is 0. The highest BCUT2D eigenvalue weighted by molar-refractivity contribution is 6.01. The Morgan fingerprint density at radius 3 is 2.50 bits per heavy atom. The van der Waals surface area contributed by atoms with E-state index in [1.54, 1.807) is 31.6 Å². The fourth-order valence-corrected chi connectivity index (χ4v) is 4.67. The Balaban J connectivity index is 1.70. The Morgan fingerprint density at radius 2 is 1.84 bits per heavy atom. The number of amides is 1. The quantitative estimate of drug-likeness (QED) is 0.354. The predicted octanol–water partition coefficient (Wildman–Crippen LogP) is 6.80. The Morgan fingerprint density at radius 1 is 1.16 bits per heavy atom. The standard InChI is InChI=1S/C27H30FNO3/c1-17(14-25(30)29-21-8-6-4-5-7-9-21)22-15-23-24(19-10-12-20(28)13-11-19)16-32-27(23)18(2)26(22)31-3/h10-16,21H,4-9H2,1-3H3,(H,29,30)/b17-14+. The molecule has 0 saturated heterocycles. The van der Waals surface area contributed by atoms with E-state index in [-0.39, 0.29) is 17.8 Å². The molecule has 1 amide bonds. The molecule has 1 heterocycles. The van der Waals surface area contributed by atoms with Crippen molar-refractivity contribution in [3.8, 4) is 16.9 Å². The van der Waals surface area contributed by atoms with E-state index in [1.807, 2.05) is 19.9 Å². The number of aryl methyl sites for hydroxylation is 1. The van der Waals surface area contributed by atoms with Gasteiger partial charge in [-0.25, -0.2) is 4.39 Å². The van der Waals surface area contributed by atoms with Gasteiger partial charge in [-0.1, -0.05) is 37.8 Å². The zero-order valence-electron chi connectivity index (χ0n) is 19.0. The second-order valence-electron chi connectivity index (χ2n) is 8.64. The van der Waals surface area contributed by atoms with Crippen molar-refractivity contribution in [1.82, 2.24) is 5.32 Å². The number of carbonyl (C=O) groups excluding carboxylic acids is 1. The van der Waals surface area contributed by atoms with Gasteiger partial charge >= 0.3 is 0 Å². The molecule has 4 nitrogen and oxygen atoms in total. The number of fused-ring (bicyclic) bond motifs is 1. The molecular formula is C27H30FNO3. The van der Waals surface area contributed by atoms with Crippen LogP contribution in [0.3, 0.4) is 0 Å². The van der Waals surface area contributed by atoms with Crippen molar-refractivity contribution >= 4 is 22.4 Å². The molecule has 0 spiro atoms. The maximum atomic E-state index is 13.4. The number of halogens is 1. The van der Waals surface area contributed by atoms with E-state index in [1.165, 1.54) is 37.8 Å². The van der Waals surface area contributed by atoms with Crippen LogP contribution in [0, 0.1) is 12.7 Å². The Labute approximate surface area is 188 Å². The number of nitrogens with one attached hydrogen (secondary N) is 1. The van der Waals surface area contributed by atoms with Crippen molar-refractivity contribution in [1.29, 1.82) is 0 Å². The van der Waals surface area contributed by atoms with Gasteiger partial charge in [0, 0.05) is 34.2 Å². The first-order valence-corrected chi connectivity index (χ1v) is 11.3. The number of furan rings is 1. The molecule has 168 valence electrons. The van der Waals surface area contributed by atoms with E-state index in [4.69, 9.17) is 9.15 Å². The lowest BCUT2D eigenvalue weighted by molar-refractivity contribution is -0.117. The summed E-state index contributed by atoms with van der Waals surface area (Å²) in [5.74, 6) is 0.340. The Hall–Kier alpha value is -3.08. The lowest BCUT2D eigenvalue weighted by atomic mass is 9.96. The van der Waals surface area contributed by atoms with Crippen LogP contribution in [0.5, 0.6) is 5.75 Å². The summed E-state index contributed by atoms with van der Waals surface area (Å²) in [6, 6.07) is 8.60. The van der Waals surface area contributed by atoms with Crippen molar-refractivity contribution in [3.63, 3.8) is 0 Å². The number of ether oxygens (including phenoxy) is 1. The smallest absolute Gasteiger partial charge is 0.244 e. The van der Waals surface area contributed by atoms with Gasteiger partial charge in [0.25, 0.3) is 0 Å². The molecule has 3 aromatic rings. The van der Waals surface area contributed by atoms with Gasteiger partial charge in [-0.05, 0) is 56.0 Å². The number of carbonyl (C=O) groups is 1. The molecule has 0 radical (unpaired) electrons. The molecule has 1 saturated carbocycles. The summed E-state index contributed by atoms with van der Waals surface area (Å²) in [5.41, 5.74) is 5.00. The maximum absolute atomic E-state index is 13.4. The van der Waals surface area contributed by atoms with Crippen LogP contribution < -0.4 is 10.1 Å². The van der Waals surface area contributed by atoms with Crippen molar-refractivity contribution in [2.45, 2.75) is 58.4 Å². The Kier molecular flexibility index (Phi) is 6.63. The molecule has 0 atom stereocenters. The van der Waals surface area contributed by atoms with Crippen molar-refractivity contribution < 1.29 is 18.3 Å². The largest absolute Gasteiger partial charge is 0.496 e. The van der Waals surface area contributed by atoms with E-state index in [0.29, 0.717) is 5.75 Å². The minimum Gasteiger partial charge on any atom is -0.496 e. The molecule has 5 heteroatoms. The fourth-order valence-electron chi connectivity index (χ4n) is 4.67. The SMILES string of the molecule is COc1c(/C(C)=C/C(=O)NC2CCCCCC2)cc2c(-c3ccc(F)cc3)coc2c1C. The summed E-state index contributed by atoms with van der Waals surface area (Å²) in [6.07, 6.45) is 10.3. The van der Waals surface area contributed by atoms with Crippen LogP contribution in [0.1, 0.15) is 56.6 Å². The van der Waals surface area contributed by atoms with Crippen LogP contribution in [0.2, 0.25) is 0 Å². The van der Waals surface area contributed by atoms with Gasteiger partial charge in [-0.3, -0.25) is 4.79 Å². The number of benzene rings is 2. The normalized spacial score (nSPS) is 15.6. The molecule has 1 N–H and O–H groups in total. The van der Waals surface area contributed by atoms with Crippen LogP contribution in [0.4, 0.5) is 4.39 Å². The summed E-state index contributed by atoms with van der Waals surface area (Å²) in [6.45, 7) is 3.87. The molecule has 1 aromatic heterocycles. The second-order valence-corrected chi connectivity index (χ2v) is 8.64. The lowest BCUT2D eigenvalue weighted by Crippen LogP contribution is -2.33. The molecule has 1 fully saturated rings. The van der Waals surface area contributed by atoms with Crippen LogP contribution in [0.25, 0.3) is 27.7 Å². The fraction of sp³-hybridized carbons (Fsp3) is 0.370. The highest BCUT2D eigenvalue weighted by atomic mass is 19.1. The minimum atomic E-state index is -0.279. The van der Waals surface area contributed by atoms with Crippen LogP contribution >= 0.6 is 0 Å². The molecule has 1 aliphatic rings. The lowest BCUT2D eigenvalue weighted by Gasteiger charge is -2.16. The van der Waals surface area contributed by atoms with Gasteiger partial charge < -0.3 is 14.5 Å². The third-order valence-corrected chi connectivity index (χ3v) is 6.38. The van der Waals surface area contributed by atoms with E-state index < -0.39 is 0 Å². The molecular weight excluding hydrogens is 405 g/mol. The topological polar surface area (TPSA) is 51.5 Å². The minimum absolute atomic E-state index is 0.0693. The number of hydrogen-bond acceptors (Lipinski definition) is 3. The molecule has 0 aliphatic heterocycles. The Bertz CT molecular complexity index is 1140. The van der Waals surface area contributed by atoms with Gasteiger partial charge in [-0.2, -0.15) is 0 Å². The molecule has 32 heavy (non-hydrogen) atoms. The molecule has 0 bridgehead atoms. The third kappa shape index (κ3) is 4.57. The second kappa shape index (κ2) is 9.60. The van der Waals surface area contributed by atoms with Gasteiger partial charge in [0.2, 0.25) is 5.91 Å². The van der Waals surface area contributed by atoms with Crippen molar-refractivity contribution in [2.75, 3.05) is 7.11 Å². The third-order valence-electron chi connectivity index (χ3n) is 6.38. The molecule has 1 aliphatic carbocycles. The van der Waals surface area contributed by atoms with Crippen LogP contribution in [-0.2, 0) is 4.79 Å². The zero-order chi connectivity index (χ0) is 22.7. The maximum Gasteiger partial charge on any atom is 0.244 e. The first-order chi connectivity index (χ1) is 15.5. The summed E-state index contributed by atoms with van der Waals surface area (Å²) < 4.78 is 25.0. The molecule has 0 unspecified atom stereocenters. The average molecular weight is 436 g/mol. The number of hydrogen-bond donors (Lipinski definition) is 1. The number of methoxy groups -OCH3 is 1. The van der Waals surface area contributed by atoms with E-state index in [9.17, 15) is 9.18 Å². The average Bonchev–Trinajstić information content (AvgIpc) is 3.04. The highest BCUT2D eigenvalue weighted by Gasteiger charge is 2.19. The number of allylic oxidation sites excluding steroid dienone is 1. The van der Waals surface area contributed by atoms with E-state index in [0.717, 1.165) is 51.6 Å². The van der Waals surface area contributed by atoms with Crippen molar-refractivity contribution in [2.24, 2.45) is 0 Å². The monoisotopic (exact) mass is 435 g/mol. The summed E-state index contributed by atoms with van der Waals surface area (Å²) in [4.78, 5) is 12.7. The first kappa shape index (κ1) is 22.1. The first-order valence-electron chi connectivity index (χ1n) is 11.3.